The standard InChI is InChI=1S/C9H8ClFO/c1-6(12-2)8-4-3-7(11)5-9(8)10/h3-5H,1H2,2H3. The van der Waals surface area contributed by atoms with Gasteiger partial charge in [0.15, 0.2) is 0 Å². The number of benzene rings is 1. The molecule has 12 heavy (non-hydrogen) atoms. The Morgan fingerprint density at radius 3 is 2.75 bits per heavy atom. The minimum atomic E-state index is -0.368. The van der Waals surface area contributed by atoms with Crippen molar-refractivity contribution < 1.29 is 9.13 Å². The smallest absolute Gasteiger partial charge is 0.124 e. The molecule has 0 radical (unpaired) electrons. The molecule has 0 aliphatic rings. The maximum absolute atomic E-state index is 12.6. The van der Waals surface area contributed by atoms with Gasteiger partial charge in [0, 0.05) is 5.56 Å². The van der Waals surface area contributed by atoms with Crippen LogP contribution in [0.3, 0.4) is 0 Å². The van der Waals surface area contributed by atoms with Gasteiger partial charge in [-0.15, -0.1) is 0 Å². The molecule has 0 bridgehead atoms. The monoisotopic (exact) mass is 186 g/mol. The van der Waals surface area contributed by atoms with E-state index in [4.69, 9.17) is 16.3 Å². The van der Waals surface area contributed by atoms with E-state index in [2.05, 4.69) is 6.58 Å². The molecule has 1 aromatic rings. The van der Waals surface area contributed by atoms with Crippen molar-refractivity contribution in [1.29, 1.82) is 0 Å². The second kappa shape index (κ2) is 3.59. The summed E-state index contributed by atoms with van der Waals surface area (Å²) in [6.45, 7) is 3.60. The summed E-state index contributed by atoms with van der Waals surface area (Å²) in [5.74, 6) is 0.0626. The summed E-state index contributed by atoms with van der Waals surface area (Å²) in [6.07, 6.45) is 0. The van der Waals surface area contributed by atoms with Gasteiger partial charge < -0.3 is 4.74 Å². The van der Waals surface area contributed by atoms with Crippen molar-refractivity contribution in [3.8, 4) is 0 Å². The van der Waals surface area contributed by atoms with Crippen LogP contribution in [0, 0.1) is 5.82 Å². The first-order valence-electron chi connectivity index (χ1n) is 3.33. The molecule has 0 spiro atoms. The summed E-state index contributed by atoms with van der Waals surface area (Å²) in [5.41, 5.74) is 0.612. The Hall–Kier alpha value is -1.02. The first-order valence-corrected chi connectivity index (χ1v) is 3.71. The third-order valence-corrected chi connectivity index (χ3v) is 1.79. The minimum absolute atomic E-state index is 0.307. The normalized spacial score (nSPS) is 9.58. The van der Waals surface area contributed by atoms with Crippen LogP contribution in [0.2, 0.25) is 5.02 Å². The van der Waals surface area contributed by atoms with Gasteiger partial charge in [0.1, 0.15) is 11.6 Å². The summed E-state index contributed by atoms with van der Waals surface area (Å²) in [6, 6.07) is 4.07. The van der Waals surface area contributed by atoms with Crippen LogP contribution < -0.4 is 0 Å². The van der Waals surface area contributed by atoms with Gasteiger partial charge in [-0.25, -0.2) is 4.39 Å². The Kier molecular flexibility index (Phi) is 2.71. The van der Waals surface area contributed by atoms with Gasteiger partial charge >= 0.3 is 0 Å². The van der Waals surface area contributed by atoms with Crippen LogP contribution in [0.5, 0.6) is 0 Å². The van der Waals surface area contributed by atoms with E-state index < -0.39 is 0 Å². The van der Waals surface area contributed by atoms with Gasteiger partial charge in [0.05, 0.1) is 12.1 Å². The van der Waals surface area contributed by atoms with E-state index in [9.17, 15) is 4.39 Å². The molecule has 1 nitrogen and oxygen atoms in total. The number of hydrogen-bond acceptors (Lipinski definition) is 1. The largest absolute Gasteiger partial charge is 0.497 e. The second-order valence-electron chi connectivity index (χ2n) is 2.25. The number of methoxy groups -OCH3 is 1. The molecule has 0 unspecified atom stereocenters. The highest BCUT2D eigenvalue weighted by molar-refractivity contribution is 6.32. The van der Waals surface area contributed by atoms with E-state index in [-0.39, 0.29) is 5.82 Å². The molecule has 3 heteroatoms. The quantitative estimate of drug-likeness (QED) is 0.645. The van der Waals surface area contributed by atoms with Crippen LogP contribution in [0.25, 0.3) is 5.76 Å². The summed E-state index contributed by atoms with van der Waals surface area (Å²) < 4.78 is 17.4. The fourth-order valence-corrected chi connectivity index (χ4v) is 1.10. The molecule has 64 valence electrons. The predicted molar refractivity (Wildman–Crippen MR) is 47.5 cm³/mol. The Bertz CT molecular complexity index is 309. The highest BCUT2D eigenvalue weighted by atomic mass is 35.5. The first kappa shape index (κ1) is 9.07. The highest BCUT2D eigenvalue weighted by Gasteiger charge is 2.04. The molecule has 0 amide bonds. The summed E-state index contributed by atoms with van der Waals surface area (Å²) >= 11 is 5.72. The Morgan fingerprint density at radius 2 is 2.25 bits per heavy atom. The average Bonchev–Trinajstić information content (AvgIpc) is 2.03. The van der Waals surface area contributed by atoms with E-state index in [1.54, 1.807) is 0 Å². The average molecular weight is 187 g/mol. The first-order chi connectivity index (χ1) is 5.65. The lowest BCUT2D eigenvalue weighted by atomic mass is 10.2. The molecular weight excluding hydrogens is 179 g/mol. The molecule has 0 heterocycles. The molecule has 1 aromatic carbocycles. The minimum Gasteiger partial charge on any atom is -0.497 e. The van der Waals surface area contributed by atoms with Gasteiger partial charge in [0.25, 0.3) is 0 Å². The molecule has 0 aromatic heterocycles. The molecule has 0 fully saturated rings. The van der Waals surface area contributed by atoms with Crippen LogP contribution in [-0.4, -0.2) is 7.11 Å². The fraction of sp³-hybridized carbons (Fsp3) is 0.111. The van der Waals surface area contributed by atoms with Crippen LogP contribution in [0.15, 0.2) is 24.8 Å². The van der Waals surface area contributed by atoms with Gasteiger partial charge in [-0.3, -0.25) is 0 Å². The van der Waals surface area contributed by atoms with Crippen molar-refractivity contribution >= 4 is 17.4 Å². The zero-order valence-corrected chi connectivity index (χ0v) is 7.36. The van der Waals surface area contributed by atoms with E-state index in [1.165, 1.54) is 25.3 Å². The summed E-state index contributed by atoms with van der Waals surface area (Å²) in [4.78, 5) is 0. The lowest BCUT2D eigenvalue weighted by molar-refractivity contribution is 0.371. The fourth-order valence-electron chi connectivity index (χ4n) is 0.826. The van der Waals surface area contributed by atoms with Gasteiger partial charge in [-0.1, -0.05) is 18.2 Å². The zero-order chi connectivity index (χ0) is 9.14. The third-order valence-electron chi connectivity index (χ3n) is 1.48. The van der Waals surface area contributed by atoms with E-state index in [0.29, 0.717) is 16.3 Å². The Labute approximate surface area is 75.4 Å². The third kappa shape index (κ3) is 1.77. The second-order valence-corrected chi connectivity index (χ2v) is 2.66. The van der Waals surface area contributed by atoms with Crippen LogP contribution in [-0.2, 0) is 4.74 Å². The Balaban J connectivity index is 3.09. The predicted octanol–water partition coefficient (Wildman–Crippen LogP) is 3.10. The van der Waals surface area contributed by atoms with Crippen LogP contribution in [0.4, 0.5) is 4.39 Å². The molecule has 0 aliphatic carbocycles. The number of halogens is 2. The lowest BCUT2D eigenvalue weighted by Gasteiger charge is -2.05. The number of rotatable bonds is 2. The molecule has 0 aliphatic heterocycles. The summed E-state index contributed by atoms with van der Waals surface area (Å²) in [7, 11) is 1.49. The van der Waals surface area contributed by atoms with Gasteiger partial charge in [0.2, 0.25) is 0 Å². The van der Waals surface area contributed by atoms with E-state index in [0.717, 1.165) is 0 Å². The molecule has 0 saturated carbocycles. The lowest BCUT2D eigenvalue weighted by Crippen LogP contribution is -1.87. The number of hydrogen-bond donors (Lipinski definition) is 0. The van der Waals surface area contributed by atoms with Gasteiger partial charge in [-0.2, -0.15) is 0 Å². The van der Waals surface area contributed by atoms with Crippen molar-refractivity contribution in [2.24, 2.45) is 0 Å². The maximum Gasteiger partial charge on any atom is 0.124 e. The Morgan fingerprint density at radius 1 is 1.58 bits per heavy atom. The van der Waals surface area contributed by atoms with Crippen molar-refractivity contribution in [1.82, 2.24) is 0 Å². The molecule has 0 saturated heterocycles. The van der Waals surface area contributed by atoms with E-state index >= 15 is 0 Å². The van der Waals surface area contributed by atoms with Crippen molar-refractivity contribution in [2.75, 3.05) is 7.11 Å². The highest BCUT2D eigenvalue weighted by Crippen LogP contribution is 2.23. The molecule has 0 N–H and O–H groups in total. The molecule has 1 rings (SSSR count). The van der Waals surface area contributed by atoms with E-state index in [1.807, 2.05) is 0 Å². The zero-order valence-electron chi connectivity index (χ0n) is 6.60. The van der Waals surface area contributed by atoms with Crippen molar-refractivity contribution in [2.45, 2.75) is 0 Å². The molecule has 0 atom stereocenters. The van der Waals surface area contributed by atoms with Gasteiger partial charge in [-0.05, 0) is 18.2 Å². The molecular formula is C9H8ClFO. The summed E-state index contributed by atoms with van der Waals surface area (Å²) in [5, 5.41) is 0.307. The topological polar surface area (TPSA) is 9.23 Å². The SMILES string of the molecule is C=C(OC)c1ccc(F)cc1Cl. The van der Waals surface area contributed by atoms with Crippen LogP contribution in [0.1, 0.15) is 5.56 Å². The van der Waals surface area contributed by atoms with Crippen molar-refractivity contribution in [3.63, 3.8) is 0 Å². The van der Waals surface area contributed by atoms with Crippen LogP contribution >= 0.6 is 11.6 Å². The van der Waals surface area contributed by atoms with Crippen molar-refractivity contribution in [3.05, 3.63) is 41.2 Å². The number of ether oxygens (including phenoxy) is 1. The maximum atomic E-state index is 12.6.